The number of aryl methyl sites for hydroxylation is 1. The van der Waals surface area contributed by atoms with Gasteiger partial charge in [-0.15, -0.1) is 21.8 Å². The van der Waals surface area contributed by atoms with Crippen molar-refractivity contribution in [1.29, 1.82) is 0 Å². The van der Waals surface area contributed by atoms with Crippen molar-refractivity contribution in [3.8, 4) is 0 Å². The Hall–Kier alpha value is -0.680. The van der Waals surface area contributed by atoms with Crippen LogP contribution in [0.4, 0.5) is 0 Å². The molecule has 0 saturated carbocycles. The summed E-state index contributed by atoms with van der Waals surface area (Å²) in [5.41, 5.74) is 0. The molecule has 14 heavy (non-hydrogen) atoms. The quantitative estimate of drug-likeness (QED) is 0.733. The maximum absolute atomic E-state index is 5.75. The van der Waals surface area contributed by atoms with Gasteiger partial charge in [0, 0.05) is 11.9 Å². The molecule has 2 atom stereocenters. The molecule has 0 spiro atoms. The summed E-state index contributed by atoms with van der Waals surface area (Å²) >= 11 is 5.75. The molecule has 0 aliphatic rings. The van der Waals surface area contributed by atoms with Gasteiger partial charge in [-0.3, -0.25) is 0 Å². The fraction of sp³-hybridized carbons (Fsp3) is 0.875. The molecule has 0 amide bonds. The molecule has 0 bridgehead atoms. The first-order valence-corrected chi connectivity index (χ1v) is 5.19. The number of tetrazole rings is 1. The van der Waals surface area contributed by atoms with Crippen LogP contribution in [-0.4, -0.2) is 32.1 Å². The maximum atomic E-state index is 5.75. The van der Waals surface area contributed by atoms with Crippen molar-refractivity contribution in [1.82, 2.24) is 25.5 Å². The summed E-state index contributed by atoms with van der Waals surface area (Å²) in [5.74, 6) is 1.80. The first kappa shape index (κ1) is 11.4. The van der Waals surface area contributed by atoms with E-state index in [-0.39, 0.29) is 0 Å². The summed E-state index contributed by atoms with van der Waals surface area (Å²) in [5, 5.41) is 15.0. The van der Waals surface area contributed by atoms with Crippen LogP contribution < -0.4 is 5.32 Å². The van der Waals surface area contributed by atoms with Gasteiger partial charge in [0.05, 0.1) is 13.6 Å². The van der Waals surface area contributed by atoms with Crippen LogP contribution in [0.15, 0.2) is 0 Å². The lowest BCUT2D eigenvalue weighted by atomic mass is 10.1. The fourth-order valence-electron chi connectivity index (χ4n) is 0.981. The lowest BCUT2D eigenvalue weighted by Gasteiger charge is -2.17. The Morgan fingerprint density at radius 1 is 1.50 bits per heavy atom. The number of hydrogen-bond donors (Lipinski definition) is 1. The van der Waals surface area contributed by atoms with Gasteiger partial charge >= 0.3 is 0 Å². The van der Waals surface area contributed by atoms with Gasteiger partial charge in [0.1, 0.15) is 0 Å². The predicted octanol–water partition coefficient (Wildman–Crippen LogP) is 0.563. The Bertz CT molecular complexity index is 274. The standard InChI is InChI=1S/C8H16ClN5/c1-6(4-9)7(2)10-5-8-11-13-14(3)12-8/h6-7,10H,4-5H2,1-3H3. The van der Waals surface area contributed by atoms with Gasteiger partial charge in [0.15, 0.2) is 5.82 Å². The van der Waals surface area contributed by atoms with Gasteiger partial charge in [-0.1, -0.05) is 6.92 Å². The molecule has 0 aromatic carbocycles. The van der Waals surface area contributed by atoms with Gasteiger partial charge in [-0.25, -0.2) is 0 Å². The number of alkyl halides is 1. The second kappa shape index (κ2) is 5.26. The van der Waals surface area contributed by atoms with E-state index in [1.165, 1.54) is 4.80 Å². The smallest absolute Gasteiger partial charge is 0.188 e. The van der Waals surface area contributed by atoms with Crippen molar-refractivity contribution in [2.24, 2.45) is 13.0 Å². The second-order valence-electron chi connectivity index (χ2n) is 3.50. The third kappa shape index (κ3) is 3.23. The molecule has 1 aromatic heterocycles. The molecule has 5 nitrogen and oxygen atoms in total. The highest BCUT2D eigenvalue weighted by Crippen LogP contribution is 2.04. The van der Waals surface area contributed by atoms with E-state index in [0.29, 0.717) is 30.2 Å². The molecule has 0 radical (unpaired) electrons. The van der Waals surface area contributed by atoms with E-state index < -0.39 is 0 Å². The van der Waals surface area contributed by atoms with Crippen molar-refractivity contribution in [3.63, 3.8) is 0 Å². The lowest BCUT2D eigenvalue weighted by molar-refractivity contribution is 0.424. The topological polar surface area (TPSA) is 55.6 Å². The van der Waals surface area contributed by atoms with Crippen LogP contribution in [0.1, 0.15) is 19.7 Å². The number of halogens is 1. The second-order valence-corrected chi connectivity index (χ2v) is 3.80. The average Bonchev–Trinajstić information content (AvgIpc) is 2.59. The zero-order valence-electron chi connectivity index (χ0n) is 8.74. The Morgan fingerprint density at radius 3 is 2.71 bits per heavy atom. The van der Waals surface area contributed by atoms with Crippen molar-refractivity contribution < 1.29 is 0 Å². The summed E-state index contributed by atoms with van der Waals surface area (Å²) in [4.78, 5) is 1.45. The van der Waals surface area contributed by atoms with Crippen LogP contribution in [0, 0.1) is 5.92 Å². The number of aromatic nitrogens is 4. The Kier molecular flexibility index (Phi) is 4.28. The first-order chi connectivity index (χ1) is 6.63. The highest BCUT2D eigenvalue weighted by atomic mass is 35.5. The molecule has 0 fully saturated rings. The van der Waals surface area contributed by atoms with Crippen molar-refractivity contribution >= 4 is 11.6 Å². The highest BCUT2D eigenvalue weighted by molar-refractivity contribution is 6.18. The minimum absolute atomic E-state index is 0.358. The molecule has 80 valence electrons. The number of rotatable bonds is 5. The van der Waals surface area contributed by atoms with E-state index in [1.54, 1.807) is 7.05 Å². The summed E-state index contributed by atoms with van der Waals surface area (Å²) in [7, 11) is 1.75. The van der Waals surface area contributed by atoms with Gasteiger partial charge in [0.2, 0.25) is 0 Å². The maximum Gasteiger partial charge on any atom is 0.188 e. The molecule has 6 heteroatoms. The van der Waals surface area contributed by atoms with E-state index in [4.69, 9.17) is 11.6 Å². The zero-order chi connectivity index (χ0) is 10.6. The minimum atomic E-state index is 0.358. The Morgan fingerprint density at radius 2 is 2.21 bits per heavy atom. The lowest BCUT2D eigenvalue weighted by Crippen LogP contribution is -2.32. The molecule has 0 saturated heterocycles. The SMILES string of the molecule is CC(CCl)C(C)NCc1nnn(C)n1. The van der Waals surface area contributed by atoms with E-state index in [2.05, 4.69) is 34.6 Å². The summed E-state index contributed by atoms with van der Waals surface area (Å²) in [6, 6.07) is 0.358. The van der Waals surface area contributed by atoms with E-state index in [0.717, 1.165) is 0 Å². The van der Waals surface area contributed by atoms with Gasteiger partial charge in [-0.2, -0.15) is 4.80 Å². The van der Waals surface area contributed by atoms with E-state index in [1.807, 2.05) is 0 Å². The zero-order valence-corrected chi connectivity index (χ0v) is 9.49. The van der Waals surface area contributed by atoms with Crippen LogP contribution in [-0.2, 0) is 13.6 Å². The van der Waals surface area contributed by atoms with Crippen LogP contribution in [0.3, 0.4) is 0 Å². The van der Waals surface area contributed by atoms with E-state index in [9.17, 15) is 0 Å². The van der Waals surface area contributed by atoms with Crippen molar-refractivity contribution in [2.75, 3.05) is 5.88 Å². The molecule has 1 N–H and O–H groups in total. The molecular weight excluding hydrogens is 202 g/mol. The number of nitrogens with zero attached hydrogens (tertiary/aromatic N) is 4. The minimum Gasteiger partial charge on any atom is -0.307 e. The van der Waals surface area contributed by atoms with Gasteiger partial charge in [0.25, 0.3) is 0 Å². The number of hydrogen-bond acceptors (Lipinski definition) is 4. The molecule has 2 unspecified atom stereocenters. The molecule has 0 aliphatic heterocycles. The molecular formula is C8H16ClN5. The van der Waals surface area contributed by atoms with Gasteiger partial charge in [-0.05, 0) is 18.1 Å². The largest absolute Gasteiger partial charge is 0.307 e. The summed E-state index contributed by atoms with van der Waals surface area (Å²) in [6.07, 6.45) is 0. The number of nitrogens with one attached hydrogen (secondary N) is 1. The molecule has 1 heterocycles. The molecule has 1 rings (SSSR count). The Labute approximate surface area is 88.8 Å². The van der Waals surface area contributed by atoms with Crippen LogP contribution in [0.5, 0.6) is 0 Å². The van der Waals surface area contributed by atoms with Crippen LogP contribution >= 0.6 is 11.6 Å². The molecule has 0 aliphatic carbocycles. The Balaban J connectivity index is 2.33. The van der Waals surface area contributed by atoms with Crippen LogP contribution in [0.2, 0.25) is 0 Å². The molecule has 1 aromatic rings. The van der Waals surface area contributed by atoms with Crippen molar-refractivity contribution in [3.05, 3.63) is 5.82 Å². The van der Waals surface area contributed by atoms with Gasteiger partial charge < -0.3 is 5.32 Å². The fourth-order valence-corrected chi connectivity index (χ4v) is 1.25. The average molecular weight is 218 g/mol. The third-order valence-corrected chi connectivity index (χ3v) is 2.72. The predicted molar refractivity (Wildman–Crippen MR) is 55.0 cm³/mol. The van der Waals surface area contributed by atoms with E-state index >= 15 is 0 Å². The third-order valence-electron chi connectivity index (χ3n) is 2.23. The van der Waals surface area contributed by atoms with Crippen molar-refractivity contribution in [2.45, 2.75) is 26.4 Å². The normalized spacial score (nSPS) is 15.4. The highest BCUT2D eigenvalue weighted by Gasteiger charge is 2.11. The summed E-state index contributed by atoms with van der Waals surface area (Å²) < 4.78 is 0. The monoisotopic (exact) mass is 217 g/mol. The van der Waals surface area contributed by atoms with Crippen LogP contribution in [0.25, 0.3) is 0 Å². The summed E-state index contributed by atoms with van der Waals surface area (Å²) in [6.45, 7) is 4.84. The first-order valence-electron chi connectivity index (χ1n) is 4.65.